The van der Waals surface area contributed by atoms with Crippen molar-refractivity contribution in [3.05, 3.63) is 24.3 Å². The van der Waals surface area contributed by atoms with Crippen LogP contribution >= 0.6 is 0 Å². The third-order valence-electron chi connectivity index (χ3n) is 4.06. The van der Waals surface area contributed by atoms with Crippen molar-refractivity contribution in [3.8, 4) is 5.75 Å². The maximum Gasteiger partial charge on any atom is 0.313 e. The quantitative estimate of drug-likeness (QED) is 0.840. The van der Waals surface area contributed by atoms with E-state index in [1.54, 1.807) is 24.3 Å². The van der Waals surface area contributed by atoms with Crippen LogP contribution in [0.2, 0.25) is 0 Å². The number of benzene rings is 1. The zero-order valence-electron chi connectivity index (χ0n) is 13.2. The third-order valence-corrected chi connectivity index (χ3v) is 4.06. The smallest absolute Gasteiger partial charge is 0.313 e. The molecule has 1 fully saturated rings. The molecule has 1 aliphatic rings. The lowest BCUT2D eigenvalue weighted by Crippen LogP contribution is -2.45. The van der Waals surface area contributed by atoms with Gasteiger partial charge in [-0.25, -0.2) is 0 Å². The van der Waals surface area contributed by atoms with Crippen LogP contribution in [0.15, 0.2) is 24.3 Å². The fourth-order valence-electron chi connectivity index (χ4n) is 2.75. The van der Waals surface area contributed by atoms with E-state index in [-0.39, 0.29) is 6.04 Å². The summed E-state index contributed by atoms with van der Waals surface area (Å²) in [5.74, 6) is -0.0217. The van der Waals surface area contributed by atoms with Crippen LogP contribution in [0.3, 0.4) is 0 Å². The molecule has 1 aliphatic carbocycles. The molecule has 0 aliphatic heterocycles. The highest BCUT2D eigenvalue weighted by molar-refractivity contribution is 6.39. The van der Waals surface area contributed by atoms with Gasteiger partial charge >= 0.3 is 11.8 Å². The predicted octanol–water partition coefficient (Wildman–Crippen LogP) is 2.72. The predicted molar refractivity (Wildman–Crippen MR) is 85.8 cm³/mol. The van der Waals surface area contributed by atoms with Crippen molar-refractivity contribution in [1.29, 1.82) is 0 Å². The van der Waals surface area contributed by atoms with E-state index in [0.717, 1.165) is 25.0 Å². The summed E-state index contributed by atoms with van der Waals surface area (Å²) in [6, 6.07) is 7.08. The molecule has 5 nitrogen and oxygen atoms in total. The summed E-state index contributed by atoms with van der Waals surface area (Å²) in [4.78, 5) is 23.9. The highest BCUT2D eigenvalue weighted by Gasteiger charge is 2.25. The minimum atomic E-state index is -0.623. The molecular weight excluding hydrogens is 280 g/mol. The number of anilines is 1. The number of nitrogens with one attached hydrogen (secondary N) is 2. The summed E-state index contributed by atoms with van der Waals surface area (Å²) in [7, 11) is 0. The first-order valence-corrected chi connectivity index (χ1v) is 7.95. The number of rotatable bonds is 4. The molecule has 120 valence electrons. The monoisotopic (exact) mass is 304 g/mol. The van der Waals surface area contributed by atoms with Gasteiger partial charge in [0, 0.05) is 11.7 Å². The Balaban J connectivity index is 1.86. The molecule has 2 N–H and O–H groups in total. The van der Waals surface area contributed by atoms with E-state index in [1.165, 1.54) is 6.42 Å². The lowest BCUT2D eigenvalue weighted by atomic mass is 9.86. The molecule has 1 saturated carbocycles. The second kappa shape index (κ2) is 7.82. The van der Waals surface area contributed by atoms with Crippen LogP contribution in [0.4, 0.5) is 5.69 Å². The lowest BCUT2D eigenvalue weighted by molar-refractivity contribution is -0.137. The average Bonchev–Trinajstić information content (AvgIpc) is 2.51. The first kappa shape index (κ1) is 16.3. The Morgan fingerprint density at radius 3 is 2.45 bits per heavy atom. The maximum atomic E-state index is 12.0. The normalized spacial score (nSPS) is 21.0. The second-order valence-corrected chi connectivity index (χ2v) is 5.75. The Labute approximate surface area is 131 Å². The van der Waals surface area contributed by atoms with Crippen molar-refractivity contribution in [2.24, 2.45) is 5.92 Å². The van der Waals surface area contributed by atoms with Gasteiger partial charge in [0.25, 0.3) is 0 Å². The van der Waals surface area contributed by atoms with Crippen LogP contribution in [-0.2, 0) is 9.59 Å². The molecule has 2 atom stereocenters. The molecule has 0 bridgehead atoms. The zero-order valence-corrected chi connectivity index (χ0v) is 13.2. The van der Waals surface area contributed by atoms with Crippen molar-refractivity contribution in [2.75, 3.05) is 11.9 Å². The van der Waals surface area contributed by atoms with Gasteiger partial charge in [0.2, 0.25) is 0 Å². The summed E-state index contributed by atoms with van der Waals surface area (Å²) in [6.07, 6.45) is 4.36. The zero-order chi connectivity index (χ0) is 15.9. The van der Waals surface area contributed by atoms with Crippen LogP contribution < -0.4 is 15.4 Å². The van der Waals surface area contributed by atoms with Crippen LogP contribution in [0, 0.1) is 5.92 Å². The molecule has 1 aromatic carbocycles. The Kier molecular flexibility index (Phi) is 5.81. The summed E-state index contributed by atoms with van der Waals surface area (Å²) in [5, 5.41) is 5.45. The van der Waals surface area contributed by atoms with E-state index in [9.17, 15) is 9.59 Å². The van der Waals surface area contributed by atoms with E-state index in [2.05, 4.69) is 17.6 Å². The van der Waals surface area contributed by atoms with Crippen molar-refractivity contribution < 1.29 is 14.3 Å². The molecule has 2 amide bonds. The molecule has 0 aromatic heterocycles. The van der Waals surface area contributed by atoms with Gasteiger partial charge in [0.15, 0.2) is 0 Å². The van der Waals surface area contributed by atoms with Gasteiger partial charge in [-0.15, -0.1) is 0 Å². The highest BCUT2D eigenvalue weighted by Crippen LogP contribution is 2.23. The van der Waals surface area contributed by atoms with Crippen molar-refractivity contribution in [2.45, 2.75) is 45.6 Å². The Hall–Kier alpha value is -2.04. The fourth-order valence-corrected chi connectivity index (χ4v) is 2.75. The third kappa shape index (κ3) is 4.48. The molecule has 0 spiro atoms. The number of amides is 2. The number of hydrogen-bond acceptors (Lipinski definition) is 3. The van der Waals surface area contributed by atoms with Gasteiger partial charge in [-0.05, 0) is 49.9 Å². The van der Waals surface area contributed by atoms with Crippen molar-refractivity contribution in [1.82, 2.24) is 5.32 Å². The number of carbonyl (C=O) groups excluding carboxylic acids is 2. The number of carbonyl (C=O) groups is 2. The number of ether oxygens (including phenoxy) is 1. The van der Waals surface area contributed by atoms with Gasteiger partial charge < -0.3 is 15.4 Å². The highest BCUT2D eigenvalue weighted by atomic mass is 16.5. The maximum absolute atomic E-state index is 12.0. The van der Waals surface area contributed by atoms with E-state index in [4.69, 9.17) is 4.74 Å². The largest absolute Gasteiger partial charge is 0.494 e. The molecule has 22 heavy (non-hydrogen) atoms. The van der Waals surface area contributed by atoms with Crippen molar-refractivity contribution in [3.63, 3.8) is 0 Å². The van der Waals surface area contributed by atoms with E-state index in [0.29, 0.717) is 18.2 Å². The minimum Gasteiger partial charge on any atom is -0.494 e. The molecule has 0 radical (unpaired) electrons. The molecule has 1 aromatic rings. The Morgan fingerprint density at radius 1 is 1.14 bits per heavy atom. The van der Waals surface area contributed by atoms with Crippen molar-refractivity contribution >= 4 is 17.5 Å². The average molecular weight is 304 g/mol. The van der Waals surface area contributed by atoms with Crippen LogP contribution in [0.5, 0.6) is 5.75 Å². The molecule has 0 unspecified atom stereocenters. The topological polar surface area (TPSA) is 67.4 Å². The molecular formula is C17H24N2O3. The second-order valence-electron chi connectivity index (χ2n) is 5.75. The van der Waals surface area contributed by atoms with Gasteiger partial charge in [-0.1, -0.05) is 19.8 Å². The first-order chi connectivity index (χ1) is 10.6. The van der Waals surface area contributed by atoms with Crippen LogP contribution in [0.1, 0.15) is 39.5 Å². The van der Waals surface area contributed by atoms with Crippen LogP contribution in [0.25, 0.3) is 0 Å². The first-order valence-electron chi connectivity index (χ1n) is 7.95. The summed E-state index contributed by atoms with van der Waals surface area (Å²) in [6.45, 7) is 4.62. The fraction of sp³-hybridized carbons (Fsp3) is 0.529. The van der Waals surface area contributed by atoms with E-state index >= 15 is 0 Å². The number of hydrogen-bond donors (Lipinski definition) is 2. The molecule has 0 heterocycles. The standard InChI is InChI=1S/C17H24N2O3/c1-3-22-14-10-8-13(9-11-14)18-16(20)17(21)19-15-7-5-4-6-12(15)2/h8-12,15H,3-7H2,1-2H3,(H,18,20)(H,19,21)/t12-,15+/m1/s1. The van der Waals surface area contributed by atoms with Gasteiger partial charge in [-0.3, -0.25) is 9.59 Å². The minimum absolute atomic E-state index is 0.104. The van der Waals surface area contributed by atoms with E-state index < -0.39 is 11.8 Å². The summed E-state index contributed by atoms with van der Waals surface area (Å²) < 4.78 is 5.33. The SMILES string of the molecule is CCOc1ccc(NC(=O)C(=O)N[C@H]2CCCC[C@H]2C)cc1. The van der Waals surface area contributed by atoms with E-state index in [1.807, 2.05) is 6.92 Å². The van der Waals surface area contributed by atoms with Gasteiger partial charge in [0.05, 0.1) is 6.61 Å². The van der Waals surface area contributed by atoms with Gasteiger partial charge in [0.1, 0.15) is 5.75 Å². The van der Waals surface area contributed by atoms with Crippen LogP contribution in [-0.4, -0.2) is 24.5 Å². The molecule has 5 heteroatoms. The lowest BCUT2D eigenvalue weighted by Gasteiger charge is -2.29. The molecule has 0 saturated heterocycles. The van der Waals surface area contributed by atoms with Gasteiger partial charge in [-0.2, -0.15) is 0 Å². The summed E-state index contributed by atoms with van der Waals surface area (Å²) in [5.41, 5.74) is 0.584. The Morgan fingerprint density at radius 2 is 1.82 bits per heavy atom. The molecule has 2 rings (SSSR count). The Bertz CT molecular complexity index is 513. The summed E-state index contributed by atoms with van der Waals surface area (Å²) >= 11 is 0.